The quantitative estimate of drug-likeness (QED) is 0.431. The second-order valence-electron chi connectivity index (χ2n) is 3.62. The van der Waals surface area contributed by atoms with Crippen LogP contribution in [-0.4, -0.2) is 54.7 Å². The lowest BCUT2D eigenvalue weighted by Gasteiger charge is -2.13. The second kappa shape index (κ2) is 4.37. The first kappa shape index (κ1) is 11.9. The zero-order valence-corrected chi connectivity index (χ0v) is 8.58. The lowest BCUT2D eigenvalue weighted by molar-refractivity contribution is -0.398. The maximum absolute atomic E-state index is 10.7. The molecule has 17 heavy (non-hydrogen) atoms. The van der Waals surface area contributed by atoms with Crippen molar-refractivity contribution in [3.8, 4) is 0 Å². The number of nitrogens with zero attached hydrogens (tertiary/aromatic N) is 3. The third-order valence-electron chi connectivity index (χ3n) is 2.60. The Morgan fingerprint density at radius 3 is 2.76 bits per heavy atom. The van der Waals surface area contributed by atoms with Gasteiger partial charge in [0.1, 0.15) is 30.7 Å². The summed E-state index contributed by atoms with van der Waals surface area (Å²) in [5, 5.41) is 38.7. The zero-order chi connectivity index (χ0) is 12.6. The van der Waals surface area contributed by atoms with Crippen molar-refractivity contribution >= 4 is 5.95 Å². The molecule has 2 rings (SSSR count). The van der Waals surface area contributed by atoms with E-state index in [-0.39, 0.29) is 0 Å². The molecule has 4 atom stereocenters. The van der Waals surface area contributed by atoms with Crippen molar-refractivity contribution in [2.75, 3.05) is 6.61 Å². The van der Waals surface area contributed by atoms with E-state index in [0.717, 1.165) is 4.57 Å². The molecular weight excluding hydrogens is 234 g/mol. The second-order valence-corrected chi connectivity index (χ2v) is 3.62. The Hall–Kier alpha value is -1.55. The van der Waals surface area contributed by atoms with E-state index < -0.39 is 42.0 Å². The van der Waals surface area contributed by atoms with Crippen LogP contribution in [0.5, 0.6) is 0 Å². The van der Waals surface area contributed by atoms with Gasteiger partial charge >= 0.3 is 5.95 Å². The van der Waals surface area contributed by atoms with Crippen LogP contribution < -0.4 is 0 Å². The number of hydrogen-bond donors (Lipinski definition) is 3. The van der Waals surface area contributed by atoms with Crippen LogP contribution in [0.2, 0.25) is 0 Å². The lowest BCUT2D eigenvalue weighted by Crippen LogP contribution is -2.33. The summed E-state index contributed by atoms with van der Waals surface area (Å²) in [5.41, 5.74) is 0. The molecule has 0 bridgehead atoms. The van der Waals surface area contributed by atoms with Crippen molar-refractivity contribution in [3.63, 3.8) is 0 Å². The number of hydrogen-bond acceptors (Lipinski definition) is 7. The monoisotopic (exact) mass is 245 g/mol. The van der Waals surface area contributed by atoms with Gasteiger partial charge < -0.3 is 30.2 Å². The highest BCUT2D eigenvalue weighted by Crippen LogP contribution is 2.31. The molecule has 0 aromatic carbocycles. The molecular formula is C8H11N3O6. The van der Waals surface area contributed by atoms with E-state index in [2.05, 4.69) is 4.98 Å². The van der Waals surface area contributed by atoms with Gasteiger partial charge in [0.2, 0.25) is 6.23 Å². The Balaban J connectivity index is 2.29. The molecule has 1 aromatic heterocycles. The van der Waals surface area contributed by atoms with Crippen LogP contribution in [0.25, 0.3) is 0 Å². The van der Waals surface area contributed by atoms with Gasteiger partial charge in [0.15, 0.2) is 0 Å². The largest absolute Gasteiger partial charge is 0.436 e. The summed E-state index contributed by atoms with van der Waals surface area (Å²) < 4.78 is 6.14. The van der Waals surface area contributed by atoms with Gasteiger partial charge in [0.05, 0.1) is 6.61 Å². The predicted molar refractivity (Wildman–Crippen MR) is 51.9 cm³/mol. The van der Waals surface area contributed by atoms with Gasteiger partial charge in [-0.25, -0.2) is 0 Å². The van der Waals surface area contributed by atoms with E-state index in [1.165, 1.54) is 12.4 Å². The highest BCUT2D eigenvalue weighted by Gasteiger charge is 2.46. The molecule has 0 spiro atoms. The van der Waals surface area contributed by atoms with Crippen LogP contribution in [0.15, 0.2) is 12.4 Å². The maximum Gasteiger partial charge on any atom is 0.436 e. The molecule has 1 fully saturated rings. The average molecular weight is 245 g/mol. The first-order chi connectivity index (χ1) is 8.06. The number of imidazole rings is 1. The van der Waals surface area contributed by atoms with Crippen LogP contribution in [0, 0.1) is 10.1 Å². The summed E-state index contributed by atoms with van der Waals surface area (Å²) in [7, 11) is 0. The van der Waals surface area contributed by atoms with E-state index in [9.17, 15) is 20.3 Å². The van der Waals surface area contributed by atoms with Crippen molar-refractivity contribution in [3.05, 3.63) is 22.5 Å². The molecule has 9 nitrogen and oxygen atoms in total. The van der Waals surface area contributed by atoms with Crippen molar-refractivity contribution in [2.24, 2.45) is 0 Å². The molecule has 94 valence electrons. The molecule has 2 heterocycles. The Morgan fingerprint density at radius 2 is 2.24 bits per heavy atom. The number of aromatic nitrogens is 2. The van der Waals surface area contributed by atoms with E-state index >= 15 is 0 Å². The lowest BCUT2D eigenvalue weighted by atomic mass is 10.1. The van der Waals surface area contributed by atoms with Crippen molar-refractivity contribution in [1.29, 1.82) is 0 Å². The molecule has 0 aliphatic carbocycles. The van der Waals surface area contributed by atoms with Gasteiger partial charge in [-0.15, -0.1) is 0 Å². The van der Waals surface area contributed by atoms with Gasteiger partial charge in [0, 0.05) is 0 Å². The molecule has 0 amide bonds. The van der Waals surface area contributed by atoms with Gasteiger partial charge in [-0.05, 0) is 4.92 Å². The van der Waals surface area contributed by atoms with E-state index in [0.29, 0.717) is 0 Å². The zero-order valence-electron chi connectivity index (χ0n) is 8.58. The smallest absolute Gasteiger partial charge is 0.394 e. The highest BCUT2D eigenvalue weighted by atomic mass is 16.6. The third kappa shape index (κ3) is 1.89. The maximum atomic E-state index is 10.7. The Labute approximate surface area is 95.0 Å². The van der Waals surface area contributed by atoms with Crippen LogP contribution in [0.4, 0.5) is 5.95 Å². The molecule has 0 saturated carbocycles. The van der Waals surface area contributed by atoms with Gasteiger partial charge in [0.25, 0.3) is 0 Å². The number of nitro groups is 1. The molecule has 3 N–H and O–H groups in total. The van der Waals surface area contributed by atoms with Crippen LogP contribution in [-0.2, 0) is 4.74 Å². The minimum Gasteiger partial charge on any atom is -0.394 e. The van der Waals surface area contributed by atoms with Crippen molar-refractivity contribution in [1.82, 2.24) is 9.55 Å². The average Bonchev–Trinajstić information content (AvgIpc) is 2.86. The molecule has 1 aliphatic rings. The Kier molecular flexibility index (Phi) is 3.07. The summed E-state index contributed by atoms with van der Waals surface area (Å²) in [5.74, 6) is -0.500. The van der Waals surface area contributed by atoms with E-state index in [1.807, 2.05) is 0 Å². The van der Waals surface area contributed by atoms with Crippen LogP contribution >= 0.6 is 0 Å². The molecule has 0 radical (unpaired) electrons. The fraction of sp³-hybridized carbons (Fsp3) is 0.625. The topological polar surface area (TPSA) is 131 Å². The number of aliphatic hydroxyl groups is 3. The summed E-state index contributed by atoms with van der Waals surface area (Å²) in [4.78, 5) is 13.4. The summed E-state index contributed by atoms with van der Waals surface area (Å²) in [6.45, 7) is -0.489. The highest BCUT2D eigenvalue weighted by molar-refractivity contribution is 5.09. The summed E-state index contributed by atoms with van der Waals surface area (Å²) in [6, 6.07) is 0. The van der Waals surface area contributed by atoms with Crippen LogP contribution in [0.3, 0.4) is 0 Å². The standard InChI is InChI=1S/C8H11N3O6/c12-3-4-5(13)6(14)7(17-4)10-2-1-9-8(10)11(15)16/h1-2,4-7,12-14H,3H2/t4-,5?,6?,7-/m1/s1. The number of ether oxygens (including phenoxy) is 1. The van der Waals surface area contributed by atoms with Crippen molar-refractivity contribution < 1.29 is 25.0 Å². The normalized spacial score (nSPS) is 32.9. The fourth-order valence-corrected chi connectivity index (χ4v) is 1.76. The first-order valence-electron chi connectivity index (χ1n) is 4.86. The van der Waals surface area contributed by atoms with Gasteiger partial charge in [-0.2, -0.15) is 4.57 Å². The fourth-order valence-electron chi connectivity index (χ4n) is 1.76. The SMILES string of the molecule is O=[N+]([O-])c1nccn1[C@@H]1O[C@H](CO)C(O)C1O. The number of rotatable bonds is 3. The molecule has 1 aromatic rings. The van der Waals surface area contributed by atoms with Crippen LogP contribution in [0.1, 0.15) is 6.23 Å². The molecule has 9 heteroatoms. The molecule has 2 unspecified atom stereocenters. The van der Waals surface area contributed by atoms with Crippen molar-refractivity contribution in [2.45, 2.75) is 24.5 Å². The minimum atomic E-state index is -1.36. The summed E-state index contributed by atoms with van der Waals surface area (Å²) >= 11 is 0. The predicted octanol–water partition coefficient (Wildman–Crippen LogP) is -1.60. The Morgan fingerprint density at radius 1 is 1.53 bits per heavy atom. The van der Waals surface area contributed by atoms with E-state index in [4.69, 9.17) is 9.84 Å². The summed E-state index contributed by atoms with van der Waals surface area (Å²) in [6.07, 6.45) is -2.32. The number of aliphatic hydroxyl groups excluding tert-OH is 3. The Bertz CT molecular complexity index is 421. The molecule has 1 aliphatic heterocycles. The molecule has 1 saturated heterocycles. The first-order valence-corrected chi connectivity index (χ1v) is 4.86. The minimum absolute atomic E-state index is 0.489. The van der Waals surface area contributed by atoms with E-state index in [1.54, 1.807) is 0 Å². The van der Waals surface area contributed by atoms with Gasteiger partial charge in [-0.3, -0.25) is 0 Å². The third-order valence-corrected chi connectivity index (χ3v) is 2.60. The van der Waals surface area contributed by atoms with Gasteiger partial charge in [-0.1, -0.05) is 4.98 Å².